The van der Waals surface area contributed by atoms with Crippen LogP contribution < -0.4 is 4.90 Å². The Hall–Kier alpha value is -7.26. The van der Waals surface area contributed by atoms with Gasteiger partial charge in [-0.25, -0.2) is 0 Å². The zero-order valence-electron chi connectivity index (χ0n) is 31.7. The summed E-state index contributed by atoms with van der Waals surface area (Å²) in [5, 5.41) is 7.64. The minimum Gasteiger partial charge on any atom is -0.309 e. The molecule has 10 aromatic carbocycles. The molecule has 1 heterocycles. The van der Waals surface area contributed by atoms with Crippen LogP contribution in [0.2, 0.25) is 0 Å². The zero-order valence-corrected chi connectivity index (χ0v) is 32.5. The third kappa shape index (κ3) is 5.86. The Morgan fingerprint density at radius 2 is 0.793 bits per heavy atom. The monoisotopic (exact) mass is 755 g/mol. The Balaban J connectivity index is 1.14. The lowest BCUT2D eigenvalue weighted by molar-refractivity contribution is 1.30. The van der Waals surface area contributed by atoms with Gasteiger partial charge in [0.2, 0.25) is 0 Å². The molecule has 2 heteroatoms. The quantitative estimate of drug-likeness (QED) is 0.146. The first-order valence-corrected chi connectivity index (χ1v) is 20.7. The Morgan fingerprint density at radius 3 is 1.47 bits per heavy atom. The van der Waals surface area contributed by atoms with Crippen molar-refractivity contribution in [2.45, 2.75) is 0 Å². The summed E-state index contributed by atoms with van der Waals surface area (Å²) >= 11 is 1.90. The molecule has 0 aliphatic heterocycles. The van der Waals surface area contributed by atoms with Gasteiger partial charge in [0, 0.05) is 26.8 Å². The maximum Gasteiger partial charge on any atom is 0.0640 e. The topological polar surface area (TPSA) is 3.24 Å². The summed E-state index contributed by atoms with van der Waals surface area (Å²) in [5.74, 6) is 0. The van der Waals surface area contributed by atoms with Crippen molar-refractivity contribution in [2.75, 3.05) is 4.90 Å². The molecule has 0 aliphatic carbocycles. The molecule has 11 rings (SSSR count). The predicted molar refractivity (Wildman–Crippen MR) is 251 cm³/mol. The molecule has 0 saturated heterocycles. The van der Waals surface area contributed by atoms with Crippen LogP contribution in [-0.4, -0.2) is 0 Å². The van der Waals surface area contributed by atoms with Gasteiger partial charge in [-0.1, -0.05) is 188 Å². The summed E-state index contributed by atoms with van der Waals surface area (Å²) in [6.07, 6.45) is 0. The number of fused-ring (bicyclic) bond motifs is 6. The van der Waals surface area contributed by atoms with Gasteiger partial charge >= 0.3 is 0 Å². The van der Waals surface area contributed by atoms with Gasteiger partial charge in [0.15, 0.2) is 0 Å². The molecule has 0 spiro atoms. The lowest BCUT2D eigenvalue weighted by Gasteiger charge is -2.27. The van der Waals surface area contributed by atoms with E-state index in [-0.39, 0.29) is 0 Å². The van der Waals surface area contributed by atoms with Gasteiger partial charge in [-0.3, -0.25) is 0 Å². The molecule has 11 aromatic rings. The van der Waals surface area contributed by atoms with Gasteiger partial charge in [-0.2, -0.15) is 0 Å². The second kappa shape index (κ2) is 14.4. The second-order valence-corrected chi connectivity index (χ2v) is 15.9. The molecule has 0 fully saturated rings. The Morgan fingerprint density at radius 1 is 0.293 bits per heavy atom. The third-order valence-corrected chi connectivity index (χ3v) is 12.7. The van der Waals surface area contributed by atoms with Crippen molar-refractivity contribution in [2.24, 2.45) is 0 Å². The fraction of sp³-hybridized carbons (Fsp3) is 0. The number of rotatable bonds is 7. The minimum absolute atomic E-state index is 1.11. The average molecular weight is 756 g/mol. The second-order valence-electron chi connectivity index (χ2n) is 14.8. The van der Waals surface area contributed by atoms with Crippen molar-refractivity contribution in [3.8, 4) is 44.5 Å². The maximum atomic E-state index is 2.45. The van der Waals surface area contributed by atoms with E-state index < -0.39 is 0 Å². The van der Waals surface area contributed by atoms with Gasteiger partial charge in [0.05, 0.1) is 10.4 Å². The van der Waals surface area contributed by atoms with Crippen LogP contribution in [0.25, 0.3) is 86.2 Å². The van der Waals surface area contributed by atoms with Gasteiger partial charge < -0.3 is 4.90 Å². The highest BCUT2D eigenvalue weighted by Crippen LogP contribution is 2.50. The Bertz CT molecular complexity index is 3240. The molecule has 0 saturated carbocycles. The molecule has 0 amide bonds. The first-order valence-electron chi connectivity index (χ1n) is 19.8. The highest BCUT2D eigenvalue weighted by Gasteiger charge is 2.22. The SMILES string of the molecule is c1ccc(-c2ccc(N(c3ccc(-c4cc5ccccc5c5ccccc45)cc3)c3ccc(-c4ccccc4)c4c3sc3c(-c5ccccc5)cccc34)cc2)cc1. The molecule has 0 bridgehead atoms. The lowest BCUT2D eigenvalue weighted by Crippen LogP contribution is -2.10. The molecule has 1 nitrogen and oxygen atoms in total. The van der Waals surface area contributed by atoms with E-state index in [0.717, 1.165) is 17.1 Å². The van der Waals surface area contributed by atoms with E-state index >= 15 is 0 Å². The number of hydrogen-bond acceptors (Lipinski definition) is 2. The number of thiophene rings is 1. The molecule has 0 atom stereocenters. The van der Waals surface area contributed by atoms with E-state index in [1.165, 1.54) is 86.2 Å². The van der Waals surface area contributed by atoms with Gasteiger partial charge in [0.25, 0.3) is 0 Å². The summed E-state index contributed by atoms with van der Waals surface area (Å²) in [6.45, 7) is 0. The van der Waals surface area contributed by atoms with Crippen molar-refractivity contribution >= 4 is 70.1 Å². The summed E-state index contributed by atoms with van der Waals surface area (Å²) in [4.78, 5) is 2.45. The van der Waals surface area contributed by atoms with Crippen LogP contribution in [-0.2, 0) is 0 Å². The van der Waals surface area contributed by atoms with E-state index in [1.807, 2.05) is 11.3 Å². The highest BCUT2D eigenvalue weighted by molar-refractivity contribution is 7.27. The zero-order chi connectivity index (χ0) is 38.4. The molecule has 0 radical (unpaired) electrons. The number of anilines is 3. The fourth-order valence-corrected chi connectivity index (χ4v) is 10.1. The number of nitrogens with zero attached hydrogens (tertiary/aromatic N) is 1. The summed E-state index contributed by atoms with van der Waals surface area (Å²) in [6, 6.07) is 81.8. The van der Waals surface area contributed by atoms with Crippen LogP contribution in [0, 0.1) is 0 Å². The fourth-order valence-electron chi connectivity index (χ4n) is 8.71. The highest BCUT2D eigenvalue weighted by atomic mass is 32.1. The first-order chi connectivity index (χ1) is 28.8. The predicted octanol–water partition coefficient (Wildman–Crippen LogP) is 16.5. The standard InChI is InChI=1S/C56H37NS/c1-4-15-38(16-5-1)39-27-31-44(32-28-39)57(45-33-29-42(30-34-45)52-37-43-21-10-11-22-46(43)49-23-12-13-24-50(49)52)53-36-35-47(40-17-6-2-7-18-40)54-51-26-14-25-48(55(51)58-56(53)54)41-19-8-3-9-20-41/h1-37H. The van der Waals surface area contributed by atoms with E-state index in [1.54, 1.807) is 0 Å². The van der Waals surface area contributed by atoms with Crippen LogP contribution in [0.4, 0.5) is 17.1 Å². The smallest absolute Gasteiger partial charge is 0.0640 e. The lowest BCUT2D eigenvalue weighted by atomic mass is 9.93. The molecule has 0 N–H and O–H groups in total. The number of hydrogen-bond donors (Lipinski definition) is 0. The van der Waals surface area contributed by atoms with Crippen LogP contribution in [0.3, 0.4) is 0 Å². The van der Waals surface area contributed by atoms with Crippen molar-refractivity contribution < 1.29 is 0 Å². The van der Waals surface area contributed by atoms with Gasteiger partial charge in [-0.15, -0.1) is 11.3 Å². The van der Waals surface area contributed by atoms with Crippen molar-refractivity contribution in [3.63, 3.8) is 0 Å². The van der Waals surface area contributed by atoms with Crippen molar-refractivity contribution in [1.82, 2.24) is 0 Å². The van der Waals surface area contributed by atoms with Crippen molar-refractivity contribution in [3.05, 3.63) is 224 Å². The Kier molecular flexibility index (Phi) is 8.42. The molecule has 272 valence electrons. The normalized spacial score (nSPS) is 11.4. The van der Waals surface area contributed by atoms with Crippen molar-refractivity contribution in [1.29, 1.82) is 0 Å². The van der Waals surface area contributed by atoms with Crippen LogP contribution in [0.15, 0.2) is 224 Å². The molecule has 0 aliphatic rings. The van der Waals surface area contributed by atoms with Gasteiger partial charge in [0.1, 0.15) is 0 Å². The number of benzene rings is 10. The summed E-state index contributed by atoms with van der Waals surface area (Å²) in [7, 11) is 0. The largest absolute Gasteiger partial charge is 0.309 e. The first kappa shape index (κ1) is 34.0. The maximum absolute atomic E-state index is 2.45. The van der Waals surface area contributed by atoms with Crippen LogP contribution in [0.1, 0.15) is 0 Å². The van der Waals surface area contributed by atoms with Gasteiger partial charge in [-0.05, 0) is 102 Å². The summed E-state index contributed by atoms with van der Waals surface area (Å²) < 4.78 is 2.56. The Labute approximate surface area is 342 Å². The van der Waals surface area contributed by atoms with E-state index in [9.17, 15) is 0 Å². The van der Waals surface area contributed by atoms with Crippen LogP contribution >= 0.6 is 11.3 Å². The van der Waals surface area contributed by atoms with E-state index in [2.05, 4.69) is 229 Å². The molecule has 0 unspecified atom stereocenters. The summed E-state index contributed by atoms with van der Waals surface area (Å²) in [5.41, 5.74) is 13.2. The molecular formula is C56H37NS. The molecular weight excluding hydrogens is 719 g/mol. The van der Waals surface area contributed by atoms with Crippen LogP contribution in [0.5, 0.6) is 0 Å². The third-order valence-electron chi connectivity index (χ3n) is 11.5. The van der Waals surface area contributed by atoms with E-state index in [0.29, 0.717) is 0 Å². The molecule has 58 heavy (non-hydrogen) atoms. The average Bonchev–Trinajstić information content (AvgIpc) is 3.71. The van der Waals surface area contributed by atoms with E-state index in [4.69, 9.17) is 0 Å². The minimum atomic E-state index is 1.11. The molecule has 1 aromatic heterocycles.